The zero-order chi connectivity index (χ0) is 21.4. The van der Waals surface area contributed by atoms with Crippen LogP contribution in [0.5, 0.6) is 0 Å². The van der Waals surface area contributed by atoms with Gasteiger partial charge in [0, 0.05) is 18.2 Å². The molecular formula is C22H26N4O3. The SMILES string of the molecule is C[C@@H](N)c1cccc2ccccc12.NC(N)=O.O=C(O)[C@@H]1Cc2ccccc2N1. The van der Waals surface area contributed by atoms with Gasteiger partial charge in [0.1, 0.15) is 6.04 Å². The summed E-state index contributed by atoms with van der Waals surface area (Å²) in [5, 5.41) is 14.2. The van der Waals surface area contributed by atoms with Crippen LogP contribution in [0.25, 0.3) is 10.8 Å². The third kappa shape index (κ3) is 6.22. The van der Waals surface area contributed by atoms with Crippen LogP contribution in [-0.2, 0) is 11.2 Å². The molecule has 1 heterocycles. The van der Waals surface area contributed by atoms with Crippen molar-refractivity contribution >= 4 is 28.5 Å². The van der Waals surface area contributed by atoms with E-state index in [-0.39, 0.29) is 6.04 Å². The van der Waals surface area contributed by atoms with Crippen LogP contribution in [-0.4, -0.2) is 23.1 Å². The molecule has 0 bridgehead atoms. The zero-order valence-electron chi connectivity index (χ0n) is 16.2. The Morgan fingerprint density at radius 2 is 1.59 bits per heavy atom. The molecule has 4 rings (SSSR count). The number of amides is 2. The monoisotopic (exact) mass is 394 g/mol. The van der Waals surface area contributed by atoms with Gasteiger partial charge in [0.05, 0.1) is 0 Å². The molecule has 8 N–H and O–H groups in total. The van der Waals surface area contributed by atoms with Gasteiger partial charge in [0.25, 0.3) is 0 Å². The number of carboxylic acid groups (broad SMARTS) is 1. The number of rotatable bonds is 2. The van der Waals surface area contributed by atoms with Crippen molar-refractivity contribution in [2.24, 2.45) is 17.2 Å². The molecule has 0 aromatic heterocycles. The molecule has 0 aliphatic carbocycles. The predicted molar refractivity (Wildman–Crippen MR) is 116 cm³/mol. The molecule has 2 atom stereocenters. The fourth-order valence-electron chi connectivity index (χ4n) is 3.09. The van der Waals surface area contributed by atoms with Crippen LogP contribution in [0, 0.1) is 0 Å². The number of para-hydroxylation sites is 1. The second kappa shape index (κ2) is 10.1. The first-order chi connectivity index (χ1) is 13.8. The summed E-state index contributed by atoms with van der Waals surface area (Å²) in [6, 6.07) is 21.1. The molecule has 0 unspecified atom stereocenters. The highest BCUT2D eigenvalue weighted by Gasteiger charge is 2.25. The summed E-state index contributed by atoms with van der Waals surface area (Å²) in [6.07, 6.45) is 0.589. The lowest BCUT2D eigenvalue weighted by molar-refractivity contribution is -0.137. The first kappa shape index (κ1) is 21.7. The van der Waals surface area contributed by atoms with E-state index in [0.29, 0.717) is 6.42 Å². The molecule has 3 aromatic rings. The quantitative estimate of drug-likeness (QED) is 0.454. The highest BCUT2D eigenvalue weighted by atomic mass is 16.4. The smallest absolute Gasteiger partial charge is 0.326 e. The lowest BCUT2D eigenvalue weighted by Gasteiger charge is -2.09. The van der Waals surface area contributed by atoms with Crippen molar-refractivity contribution in [3.63, 3.8) is 0 Å². The maximum Gasteiger partial charge on any atom is 0.326 e. The van der Waals surface area contributed by atoms with Gasteiger partial charge in [-0.25, -0.2) is 9.59 Å². The summed E-state index contributed by atoms with van der Waals surface area (Å²) in [5.74, 6) is -0.786. The van der Waals surface area contributed by atoms with Crippen LogP contribution in [0.3, 0.4) is 0 Å². The Hall–Kier alpha value is -3.58. The van der Waals surface area contributed by atoms with E-state index >= 15 is 0 Å². The Labute approximate surface area is 169 Å². The molecule has 1 aliphatic rings. The van der Waals surface area contributed by atoms with E-state index in [0.717, 1.165) is 11.3 Å². The topological polar surface area (TPSA) is 144 Å². The summed E-state index contributed by atoms with van der Waals surface area (Å²) < 4.78 is 0. The fourth-order valence-corrected chi connectivity index (χ4v) is 3.09. The molecule has 0 saturated carbocycles. The largest absolute Gasteiger partial charge is 0.480 e. The van der Waals surface area contributed by atoms with Gasteiger partial charge in [-0.05, 0) is 34.9 Å². The van der Waals surface area contributed by atoms with E-state index in [4.69, 9.17) is 15.6 Å². The minimum atomic E-state index is -0.833. The van der Waals surface area contributed by atoms with Gasteiger partial charge in [-0.15, -0.1) is 0 Å². The fraction of sp³-hybridized carbons (Fsp3) is 0.182. The van der Waals surface area contributed by atoms with E-state index in [9.17, 15) is 4.79 Å². The molecule has 3 aromatic carbocycles. The van der Waals surface area contributed by atoms with Gasteiger partial charge >= 0.3 is 12.0 Å². The minimum Gasteiger partial charge on any atom is -0.480 e. The Morgan fingerprint density at radius 1 is 1.00 bits per heavy atom. The lowest BCUT2D eigenvalue weighted by atomic mass is 10.0. The molecule has 0 saturated heterocycles. The molecule has 0 spiro atoms. The minimum absolute atomic E-state index is 0.103. The van der Waals surface area contributed by atoms with Crippen LogP contribution < -0.4 is 22.5 Å². The van der Waals surface area contributed by atoms with E-state index in [1.165, 1.54) is 16.3 Å². The number of hydrogen-bond donors (Lipinski definition) is 5. The van der Waals surface area contributed by atoms with Gasteiger partial charge in [-0.1, -0.05) is 60.7 Å². The second-order valence-corrected chi connectivity index (χ2v) is 6.66. The summed E-state index contributed by atoms with van der Waals surface area (Å²) in [7, 11) is 0. The standard InChI is InChI=1S/C12H13N.C9H9NO2.CH4N2O/c1-9(13)11-8-4-6-10-5-2-3-7-12(10)11;11-9(12)8-5-6-3-1-2-4-7(6)10-8;2-1(3)4/h2-9H,13H2,1H3;1-4,8,10H,5H2,(H,11,12);(H4,2,3,4)/t9-;8-;/m10./s1. The maximum absolute atomic E-state index is 10.6. The third-order valence-electron chi connectivity index (χ3n) is 4.38. The highest BCUT2D eigenvalue weighted by Crippen LogP contribution is 2.25. The van der Waals surface area contributed by atoms with Crippen LogP contribution in [0.4, 0.5) is 10.5 Å². The van der Waals surface area contributed by atoms with Crippen LogP contribution in [0.2, 0.25) is 0 Å². The molecule has 1 aliphatic heterocycles. The van der Waals surface area contributed by atoms with Gasteiger partial charge in [0.2, 0.25) is 0 Å². The van der Waals surface area contributed by atoms with E-state index in [1.807, 2.05) is 43.3 Å². The van der Waals surface area contributed by atoms with Crippen molar-refractivity contribution in [2.45, 2.75) is 25.4 Å². The Bertz CT molecular complexity index is 954. The lowest BCUT2D eigenvalue weighted by Crippen LogP contribution is -2.26. The Kier molecular flexibility index (Phi) is 7.56. The van der Waals surface area contributed by atoms with E-state index in [1.54, 1.807) is 0 Å². The average Bonchev–Trinajstić information content (AvgIpc) is 3.12. The normalized spacial score (nSPS) is 14.9. The van der Waals surface area contributed by atoms with Crippen molar-refractivity contribution in [1.29, 1.82) is 0 Å². The van der Waals surface area contributed by atoms with Crippen LogP contribution in [0.1, 0.15) is 24.1 Å². The summed E-state index contributed by atoms with van der Waals surface area (Å²) in [4.78, 5) is 19.6. The van der Waals surface area contributed by atoms with Crippen molar-refractivity contribution in [2.75, 3.05) is 5.32 Å². The summed E-state index contributed by atoms with van der Waals surface area (Å²) >= 11 is 0. The number of hydrogen-bond acceptors (Lipinski definition) is 4. The van der Waals surface area contributed by atoms with Gasteiger partial charge < -0.3 is 27.6 Å². The molecule has 0 fully saturated rings. The summed E-state index contributed by atoms with van der Waals surface area (Å²) in [6.45, 7) is 2.02. The number of carbonyl (C=O) groups excluding carboxylic acids is 1. The third-order valence-corrected chi connectivity index (χ3v) is 4.38. The maximum atomic E-state index is 10.6. The molecule has 152 valence electrons. The van der Waals surface area contributed by atoms with Gasteiger partial charge in [-0.2, -0.15) is 0 Å². The van der Waals surface area contributed by atoms with Crippen molar-refractivity contribution in [1.82, 2.24) is 0 Å². The van der Waals surface area contributed by atoms with Gasteiger partial charge in [-0.3, -0.25) is 0 Å². The second-order valence-electron chi connectivity index (χ2n) is 6.66. The number of aliphatic carboxylic acids is 1. The van der Waals surface area contributed by atoms with Crippen molar-refractivity contribution in [3.05, 3.63) is 77.9 Å². The van der Waals surface area contributed by atoms with E-state index in [2.05, 4.69) is 47.1 Å². The Balaban J connectivity index is 0.000000176. The zero-order valence-corrected chi connectivity index (χ0v) is 16.2. The number of fused-ring (bicyclic) bond motifs is 2. The number of benzene rings is 3. The number of nitrogens with one attached hydrogen (secondary N) is 1. The van der Waals surface area contributed by atoms with Crippen molar-refractivity contribution in [3.8, 4) is 0 Å². The van der Waals surface area contributed by atoms with Gasteiger partial charge in [0.15, 0.2) is 0 Å². The number of carboxylic acids is 1. The van der Waals surface area contributed by atoms with Crippen LogP contribution >= 0.6 is 0 Å². The molecule has 7 nitrogen and oxygen atoms in total. The predicted octanol–water partition coefficient (Wildman–Crippen LogP) is 2.99. The number of carbonyl (C=O) groups is 2. The molecule has 0 radical (unpaired) electrons. The number of anilines is 1. The molecule has 7 heteroatoms. The molecule has 2 amide bonds. The van der Waals surface area contributed by atoms with E-state index < -0.39 is 18.0 Å². The number of urea groups is 1. The number of primary amides is 2. The first-order valence-corrected chi connectivity index (χ1v) is 9.15. The number of nitrogens with two attached hydrogens (primary N) is 3. The average molecular weight is 394 g/mol. The Morgan fingerprint density at radius 3 is 2.21 bits per heavy atom. The molecule has 29 heavy (non-hydrogen) atoms. The summed E-state index contributed by atoms with van der Waals surface area (Å²) in [5.41, 5.74) is 17.6. The van der Waals surface area contributed by atoms with Crippen LogP contribution in [0.15, 0.2) is 66.7 Å². The van der Waals surface area contributed by atoms with Crippen molar-refractivity contribution < 1.29 is 14.7 Å². The molecular weight excluding hydrogens is 368 g/mol. The highest BCUT2D eigenvalue weighted by molar-refractivity contribution is 5.86. The first-order valence-electron chi connectivity index (χ1n) is 9.15.